The molecule has 0 heterocycles. The highest BCUT2D eigenvalue weighted by Crippen LogP contribution is 2.26. The van der Waals surface area contributed by atoms with Crippen LogP contribution in [0.4, 0.5) is 5.69 Å². The predicted molar refractivity (Wildman–Crippen MR) is 81.6 cm³/mol. The molecule has 0 aliphatic rings. The zero-order valence-electron chi connectivity index (χ0n) is 11.2. The summed E-state index contributed by atoms with van der Waals surface area (Å²) in [6.07, 6.45) is 0. The molecule has 5 nitrogen and oxygen atoms in total. The van der Waals surface area contributed by atoms with Crippen LogP contribution < -0.4 is 4.74 Å². The number of nitro groups is 1. The number of ether oxygens (including phenoxy) is 1. The van der Waals surface area contributed by atoms with Crippen molar-refractivity contribution in [3.8, 4) is 5.75 Å². The fourth-order valence-corrected chi connectivity index (χ4v) is 2.23. The Bertz CT molecular complexity index is 700. The highest BCUT2D eigenvalue weighted by Gasteiger charge is 2.18. The van der Waals surface area contributed by atoms with E-state index in [2.05, 4.69) is 15.9 Å². The molecule has 0 spiro atoms. The molecule has 2 aromatic rings. The number of Topliss-reactive ketones (excluding diaryl/α,β-unsaturated/α-hetero) is 1. The van der Waals surface area contributed by atoms with Gasteiger partial charge in [0.1, 0.15) is 12.4 Å². The van der Waals surface area contributed by atoms with Gasteiger partial charge in [0.25, 0.3) is 5.69 Å². The zero-order chi connectivity index (χ0) is 15.4. The SMILES string of the molecule is CC(=O)c1ccc(OCc2ccccc2Br)cc1[N+](=O)[O-]. The number of hydrogen-bond acceptors (Lipinski definition) is 4. The molecule has 0 saturated heterocycles. The molecular formula is C15H12BrNO4. The summed E-state index contributed by atoms with van der Waals surface area (Å²) in [5.74, 6) is 0.00140. The van der Waals surface area contributed by atoms with Gasteiger partial charge in [0.2, 0.25) is 0 Å². The molecule has 0 saturated carbocycles. The van der Waals surface area contributed by atoms with Crippen molar-refractivity contribution in [2.45, 2.75) is 13.5 Å². The van der Waals surface area contributed by atoms with Gasteiger partial charge >= 0.3 is 0 Å². The van der Waals surface area contributed by atoms with Crippen molar-refractivity contribution in [1.29, 1.82) is 0 Å². The third kappa shape index (κ3) is 3.66. The second-order valence-electron chi connectivity index (χ2n) is 4.37. The van der Waals surface area contributed by atoms with Crippen LogP contribution in [-0.2, 0) is 6.61 Å². The van der Waals surface area contributed by atoms with E-state index in [1.54, 1.807) is 6.07 Å². The molecular weight excluding hydrogens is 338 g/mol. The maximum absolute atomic E-state index is 11.4. The largest absolute Gasteiger partial charge is 0.489 e. The number of benzene rings is 2. The molecule has 21 heavy (non-hydrogen) atoms. The highest BCUT2D eigenvalue weighted by molar-refractivity contribution is 9.10. The monoisotopic (exact) mass is 349 g/mol. The molecule has 0 fully saturated rings. The molecule has 0 aliphatic heterocycles. The summed E-state index contributed by atoms with van der Waals surface area (Å²) >= 11 is 3.41. The van der Waals surface area contributed by atoms with Crippen LogP contribution in [0, 0.1) is 10.1 Å². The van der Waals surface area contributed by atoms with Crippen molar-refractivity contribution in [3.05, 3.63) is 68.2 Å². The van der Waals surface area contributed by atoms with Crippen LogP contribution in [0.25, 0.3) is 0 Å². The number of hydrogen-bond donors (Lipinski definition) is 0. The number of rotatable bonds is 5. The Labute approximate surface area is 129 Å². The summed E-state index contributed by atoms with van der Waals surface area (Å²) in [4.78, 5) is 21.8. The maximum atomic E-state index is 11.4. The quantitative estimate of drug-likeness (QED) is 0.462. The first-order valence-electron chi connectivity index (χ1n) is 6.14. The van der Waals surface area contributed by atoms with Gasteiger partial charge in [-0.05, 0) is 25.1 Å². The first-order valence-corrected chi connectivity index (χ1v) is 6.94. The molecule has 0 atom stereocenters. The predicted octanol–water partition coefficient (Wildman–Crippen LogP) is 4.14. The van der Waals surface area contributed by atoms with E-state index in [0.29, 0.717) is 5.75 Å². The third-order valence-corrected chi connectivity index (χ3v) is 3.67. The van der Waals surface area contributed by atoms with E-state index in [4.69, 9.17) is 4.74 Å². The minimum atomic E-state index is -0.581. The van der Waals surface area contributed by atoms with Gasteiger partial charge in [0.05, 0.1) is 16.6 Å². The van der Waals surface area contributed by atoms with Crippen molar-refractivity contribution in [2.75, 3.05) is 0 Å². The van der Waals surface area contributed by atoms with Crippen LogP contribution in [-0.4, -0.2) is 10.7 Å². The molecule has 0 amide bonds. The summed E-state index contributed by atoms with van der Waals surface area (Å²) in [7, 11) is 0. The Balaban J connectivity index is 2.22. The van der Waals surface area contributed by atoms with Crippen molar-refractivity contribution >= 4 is 27.4 Å². The number of nitro benzene ring substituents is 1. The van der Waals surface area contributed by atoms with Crippen LogP contribution >= 0.6 is 15.9 Å². The zero-order valence-corrected chi connectivity index (χ0v) is 12.8. The van der Waals surface area contributed by atoms with E-state index >= 15 is 0 Å². The smallest absolute Gasteiger partial charge is 0.283 e. The van der Waals surface area contributed by atoms with Crippen LogP contribution in [0.5, 0.6) is 5.75 Å². The number of nitrogens with zero attached hydrogens (tertiary/aromatic N) is 1. The summed E-state index contributed by atoms with van der Waals surface area (Å²) < 4.78 is 6.46. The summed E-state index contributed by atoms with van der Waals surface area (Å²) in [6, 6.07) is 11.8. The van der Waals surface area contributed by atoms with E-state index in [1.165, 1.54) is 19.1 Å². The molecule has 0 N–H and O–H groups in total. The molecule has 0 aromatic heterocycles. The van der Waals surface area contributed by atoms with Gasteiger partial charge in [0, 0.05) is 10.0 Å². The van der Waals surface area contributed by atoms with Gasteiger partial charge in [-0.1, -0.05) is 34.1 Å². The Morgan fingerprint density at radius 2 is 2.00 bits per heavy atom. The molecule has 0 radical (unpaired) electrons. The fraction of sp³-hybridized carbons (Fsp3) is 0.133. The van der Waals surface area contributed by atoms with E-state index in [9.17, 15) is 14.9 Å². The van der Waals surface area contributed by atoms with Crippen molar-refractivity contribution in [3.63, 3.8) is 0 Å². The molecule has 2 rings (SSSR count). The van der Waals surface area contributed by atoms with Gasteiger partial charge < -0.3 is 4.74 Å². The number of ketones is 1. The lowest BCUT2D eigenvalue weighted by molar-refractivity contribution is -0.385. The summed E-state index contributed by atoms with van der Waals surface area (Å²) in [5, 5.41) is 11.0. The number of carbonyl (C=O) groups is 1. The van der Waals surface area contributed by atoms with Gasteiger partial charge in [-0.2, -0.15) is 0 Å². The Hall–Kier alpha value is -2.21. The minimum Gasteiger partial charge on any atom is -0.489 e. The van der Waals surface area contributed by atoms with E-state index in [-0.39, 0.29) is 23.6 Å². The minimum absolute atomic E-state index is 0.0771. The van der Waals surface area contributed by atoms with Crippen LogP contribution in [0.1, 0.15) is 22.8 Å². The maximum Gasteiger partial charge on any atom is 0.283 e. The molecule has 108 valence electrons. The Kier molecular flexibility index (Phi) is 4.70. The van der Waals surface area contributed by atoms with Gasteiger partial charge in [-0.3, -0.25) is 14.9 Å². The van der Waals surface area contributed by atoms with Crippen molar-refractivity contribution in [1.82, 2.24) is 0 Å². The number of halogens is 1. The number of carbonyl (C=O) groups excluding carboxylic acids is 1. The summed E-state index contributed by atoms with van der Waals surface area (Å²) in [6.45, 7) is 1.57. The second kappa shape index (κ2) is 6.49. The first kappa shape index (κ1) is 15.2. The fourth-order valence-electron chi connectivity index (χ4n) is 1.83. The average Bonchev–Trinajstić information content (AvgIpc) is 2.46. The lowest BCUT2D eigenvalue weighted by Gasteiger charge is -2.08. The molecule has 2 aromatic carbocycles. The molecule has 0 unspecified atom stereocenters. The van der Waals surface area contributed by atoms with Gasteiger partial charge in [-0.15, -0.1) is 0 Å². The Morgan fingerprint density at radius 1 is 1.29 bits per heavy atom. The first-order chi connectivity index (χ1) is 9.99. The lowest BCUT2D eigenvalue weighted by atomic mass is 10.1. The van der Waals surface area contributed by atoms with E-state index in [0.717, 1.165) is 10.0 Å². The van der Waals surface area contributed by atoms with Crippen LogP contribution in [0.3, 0.4) is 0 Å². The van der Waals surface area contributed by atoms with Crippen molar-refractivity contribution < 1.29 is 14.5 Å². The van der Waals surface area contributed by atoms with Gasteiger partial charge in [-0.25, -0.2) is 0 Å². The standard InChI is InChI=1S/C15H12BrNO4/c1-10(18)13-7-6-12(8-15(13)17(19)20)21-9-11-4-2-3-5-14(11)16/h2-8H,9H2,1H3. The normalized spacial score (nSPS) is 10.2. The topological polar surface area (TPSA) is 69.4 Å². The highest BCUT2D eigenvalue weighted by atomic mass is 79.9. The van der Waals surface area contributed by atoms with Crippen molar-refractivity contribution in [2.24, 2.45) is 0 Å². The van der Waals surface area contributed by atoms with E-state index in [1.807, 2.05) is 24.3 Å². The van der Waals surface area contributed by atoms with Crippen LogP contribution in [0.2, 0.25) is 0 Å². The molecule has 0 aliphatic carbocycles. The van der Waals surface area contributed by atoms with E-state index < -0.39 is 4.92 Å². The Morgan fingerprint density at radius 3 is 2.62 bits per heavy atom. The lowest BCUT2D eigenvalue weighted by Crippen LogP contribution is -2.02. The molecule has 6 heteroatoms. The summed E-state index contributed by atoms with van der Waals surface area (Å²) in [5.41, 5.74) is 0.760. The average molecular weight is 350 g/mol. The third-order valence-electron chi connectivity index (χ3n) is 2.90. The molecule has 0 bridgehead atoms. The second-order valence-corrected chi connectivity index (χ2v) is 5.23. The van der Waals surface area contributed by atoms with Gasteiger partial charge in [0.15, 0.2) is 5.78 Å². The van der Waals surface area contributed by atoms with Crippen LogP contribution in [0.15, 0.2) is 46.9 Å².